The van der Waals surface area contributed by atoms with Gasteiger partial charge in [-0.25, -0.2) is 0 Å². The molecule has 0 bridgehead atoms. The molecule has 0 amide bonds. The van der Waals surface area contributed by atoms with Gasteiger partial charge in [0, 0.05) is 27.4 Å². The van der Waals surface area contributed by atoms with Gasteiger partial charge >= 0.3 is 0 Å². The number of benzene rings is 4. The van der Waals surface area contributed by atoms with Gasteiger partial charge in [0.25, 0.3) is 0 Å². The van der Waals surface area contributed by atoms with Crippen LogP contribution in [0.3, 0.4) is 0 Å². The first-order valence-corrected chi connectivity index (χ1v) is 14.7. The van der Waals surface area contributed by atoms with Crippen molar-refractivity contribution in [2.45, 2.75) is 58.3 Å². The molecule has 2 aliphatic carbocycles. The Morgan fingerprint density at radius 2 is 1.44 bits per heavy atom. The minimum atomic E-state index is -0.177. The fourth-order valence-corrected chi connectivity index (χ4v) is 6.44. The van der Waals surface area contributed by atoms with Crippen molar-refractivity contribution >= 4 is 65.3 Å². The third-order valence-electron chi connectivity index (χ3n) is 7.64. The first-order valence-electron chi connectivity index (χ1n) is 13.7. The Bertz CT molecular complexity index is 1440. The van der Waals surface area contributed by atoms with E-state index in [9.17, 15) is 0 Å². The Morgan fingerprint density at radius 3 is 2.11 bits per heavy atom. The molecule has 0 heterocycles. The number of fused-ring (bicyclic) bond motifs is 3. The van der Waals surface area contributed by atoms with E-state index in [1.54, 1.807) is 11.1 Å². The molecule has 0 radical (unpaired) electrons. The molecule has 0 aliphatic heterocycles. The average Bonchev–Trinajstić information content (AvgIpc) is 3.27. The Kier molecular flexibility index (Phi) is 6.45. The van der Waals surface area contributed by atoms with E-state index in [2.05, 4.69) is 116 Å². The second-order valence-electron chi connectivity index (χ2n) is 9.97. The van der Waals surface area contributed by atoms with Gasteiger partial charge < -0.3 is 4.90 Å². The van der Waals surface area contributed by atoms with Gasteiger partial charge in [0.2, 0.25) is 0 Å². The van der Waals surface area contributed by atoms with Gasteiger partial charge in [-0.1, -0.05) is 56.8 Å². The number of aryl methyl sites for hydroxylation is 1. The second kappa shape index (κ2) is 10.2. The van der Waals surface area contributed by atoms with Crippen LogP contribution in [-0.2, 0) is 12.8 Å². The largest absolute Gasteiger partial charge is 0.310 e. The molecule has 3 heteroatoms. The molecule has 0 aromatic heterocycles. The zero-order valence-corrected chi connectivity index (χ0v) is 23.8. The average molecular weight is 602 g/mol. The maximum Gasteiger partial charge on any atom is 0.0468 e. The van der Waals surface area contributed by atoms with Gasteiger partial charge in [0.05, 0.1) is 0 Å². The lowest BCUT2D eigenvalue weighted by molar-refractivity contribution is 0.710. The van der Waals surface area contributed by atoms with Crippen molar-refractivity contribution in [1.29, 1.82) is 0 Å². The number of rotatable bonds is 6. The highest BCUT2D eigenvalue weighted by Gasteiger charge is 2.27. The molecule has 0 spiro atoms. The number of nitrogens with zero attached hydrogens (tertiary/aromatic N) is 1. The predicted octanol–water partition coefficient (Wildman–Crippen LogP) is 11.1. The van der Waals surface area contributed by atoms with Gasteiger partial charge in [0.1, 0.15) is 0 Å². The molecular weight excluding hydrogens is 570 g/mol. The molecule has 0 saturated carbocycles. The van der Waals surface area contributed by atoms with E-state index in [4.69, 9.17) is 1.37 Å². The summed E-state index contributed by atoms with van der Waals surface area (Å²) in [6.45, 7) is 2.20. The molecule has 36 heavy (non-hydrogen) atoms. The lowest BCUT2D eigenvalue weighted by Crippen LogP contribution is -2.10. The molecule has 182 valence electrons. The molecule has 0 N–H and O–H groups in total. The van der Waals surface area contributed by atoms with E-state index in [-0.39, 0.29) is 6.40 Å². The van der Waals surface area contributed by atoms with Crippen LogP contribution in [0.25, 0.3) is 16.3 Å². The van der Waals surface area contributed by atoms with Crippen molar-refractivity contribution in [3.63, 3.8) is 0 Å². The van der Waals surface area contributed by atoms with Crippen molar-refractivity contribution in [3.8, 4) is 0 Å². The summed E-state index contributed by atoms with van der Waals surface area (Å²) < 4.78 is 11.3. The zero-order valence-electron chi connectivity index (χ0n) is 21.7. The molecule has 2 aliphatic rings. The highest BCUT2D eigenvalue weighted by atomic mass is 79.9. The second-order valence-corrected chi connectivity index (χ2v) is 11.8. The molecule has 1 atom stereocenters. The lowest BCUT2D eigenvalue weighted by atomic mass is 9.89. The third-order valence-corrected chi connectivity index (χ3v) is 8.70. The molecule has 6 rings (SSSR count). The van der Waals surface area contributed by atoms with Crippen LogP contribution in [0.15, 0.2) is 87.3 Å². The SMILES string of the molecule is [2H]C(CCC)c1c2c(cc3cc(N(c4ccc(Br)cc4)c4ccc(Br)cc4)ccc13)C1=C(CCCC1)C2. The maximum atomic E-state index is 9.13. The molecule has 1 nitrogen and oxygen atoms in total. The first-order chi connectivity index (χ1) is 18.0. The Hall–Kier alpha value is -2.36. The van der Waals surface area contributed by atoms with Crippen molar-refractivity contribution in [2.24, 2.45) is 0 Å². The van der Waals surface area contributed by atoms with Crippen LogP contribution in [-0.4, -0.2) is 0 Å². The van der Waals surface area contributed by atoms with Gasteiger partial charge in [0.15, 0.2) is 0 Å². The van der Waals surface area contributed by atoms with Crippen molar-refractivity contribution < 1.29 is 1.37 Å². The van der Waals surface area contributed by atoms with E-state index in [0.29, 0.717) is 0 Å². The van der Waals surface area contributed by atoms with E-state index >= 15 is 0 Å². The Morgan fingerprint density at radius 1 is 0.806 bits per heavy atom. The van der Waals surface area contributed by atoms with Crippen LogP contribution in [0.2, 0.25) is 0 Å². The van der Waals surface area contributed by atoms with E-state index in [0.717, 1.165) is 45.3 Å². The molecular formula is C33H31Br2N. The zero-order chi connectivity index (χ0) is 25.5. The van der Waals surface area contributed by atoms with Crippen LogP contribution in [0, 0.1) is 0 Å². The van der Waals surface area contributed by atoms with Crippen LogP contribution < -0.4 is 4.90 Å². The summed E-state index contributed by atoms with van der Waals surface area (Å²) in [4.78, 5) is 2.32. The monoisotopic (exact) mass is 600 g/mol. The summed E-state index contributed by atoms with van der Waals surface area (Å²) in [6.07, 6.45) is 7.82. The van der Waals surface area contributed by atoms with E-state index in [1.165, 1.54) is 53.1 Å². The Labute approximate surface area is 232 Å². The van der Waals surface area contributed by atoms with Gasteiger partial charge in [-0.05, 0) is 145 Å². The van der Waals surface area contributed by atoms with Crippen LogP contribution >= 0.6 is 31.9 Å². The number of allylic oxidation sites excluding steroid dienone is 2. The molecule has 1 unspecified atom stereocenters. The van der Waals surface area contributed by atoms with E-state index in [1.807, 2.05) is 0 Å². The number of anilines is 3. The fraction of sp³-hybridized carbons (Fsp3) is 0.273. The van der Waals surface area contributed by atoms with Gasteiger partial charge in [-0.2, -0.15) is 0 Å². The summed E-state index contributed by atoms with van der Waals surface area (Å²) in [5, 5.41) is 2.50. The number of halogens is 2. The van der Waals surface area contributed by atoms with Crippen molar-refractivity contribution in [3.05, 3.63) is 104 Å². The van der Waals surface area contributed by atoms with Gasteiger partial charge in [-0.3, -0.25) is 0 Å². The quantitative estimate of drug-likeness (QED) is 0.212. The van der Waals surface area contributed by atoms with E-state index < -0.39 is 0 Å². The third kappa shape index (κ3) is 4.46. The molecule has 0 saturated heterocycles. The summed E-state index contributed by atoms with van der Waals surface area (Å²) >= 11 is 7.19. The smallest absolute Gasteiger partial charge is 0.0468 e. The van der Waals surface area contributed by atoms with Crippen LogP contribution in [0.1, 0.15) is 63.5 Å². The summed E-state index contributed by atoms with van der Waals surface area (Å²) in [6, 6.07) is 26.3. The molecule has 4 aromatic rings. The Balaban J connectivity index is 1.55. The highest BCUT2D eigenvalue weighted by molar-refractivity contribution is 9.10. The molecule has 0 fully saturated rings. The fourth-order valence-electron chi connectivity index (χ4n) is 5.91. The summed E-state index contributed by atoms with van der Waals surface area (Å²) in [5.41, 5.74) is 10.7. The minimum Gasteiger partial charge on any atom is -0.310 e. The highest BCUT2D eigenvalue weighted by Crippen LogP contribution is 2.46. The lowest BCUT2D eigenvalue weighted by Gasteiger charge is -2.26. The topological polar surface area (TPSA) is 3.24 Å². The van der Waals surface area contributed by atoms with Crippen molar-refractivity contribution in [1.82, 2.24) is 0 Å². The summed E-state index contributed by atoms with van der Waals surface area (Å²) in [5.74, 6) is 0. The predicted molar refractivity (Wildman–Crippen MR) is 162 cm³/mol. The normalized spacial score (nSPS) is 16.0. The van der Waals surface area contributed by atoms with Crippen LogP contribution in [0.4, 0.5) is 17.1 Å². The van der Waals surface area contributed by atoms with Crippen molar-refractivity contribution in [2.75, 3.05) is 4.90 Å². The van der Waals surface area contributed by atoms with Crippen LogP contribution in [0.5, 0.6) is 0 Å². The molecule has 4 aromatic carbocycles. The summed E-state index contributed by atoms with van der Waals surface area (Å²) in [7, 11) is 0. The minimum absolute atomic E-state index is 0.177. The van der Waals surface area contributed by atoms with Gasteiger partial charge in [-0.15, -0.1) is 0 Å². The maximum absolute atomic E-state index is 9.13. The standard InChI is InChI=1S/C33H31Br2N/c1-2-3-7-31-30-18-17-28(19-23(30)21-32-29-8-5-4-6-22(29)20-33(31)32)36(26-13-9-24(34)10-14-26)27-15-11-25(35)12-16-27/h9-19,21H,2-8,20H2,1H3/i7D. The first kappa shape index (κ1) is 22.8. The number of hydrogen-bond donors (Lipinski definition) is 0. The number of hydrogen-bond acceptors (Lipinski definition) is 1.